The number of carbonyl (C=O) groups is 1. The Morgan fingerprint density at radius 3 is 2.85 bits per heavy atom. The van der Waals surface area contributed by atoms with E-state index in [-0.39, 0.29) is 35.9 Å². The molecule has 0 aliphatic carbocycles. The van der Waals surface area contributed by atoms with Gasteiger partial charge in [0.25, 0.3) is 0 Å². The van der Waals surface area contributed by atoms with Gasteiger partial charge in [0.2, 0.25) is 0 Å². The van der Waals surface area contributed by atoms with Gasteiger partial charge in [-0.05, 0) is 43.2 Å². The molecular formula is C19H31IN4O2S. The van der Waals surface area contributed by atoms with E-state index in [1.807, 2.05) is 25.3 Å². The fourth-order valence-electron chi connectivity index (χ4n) is 3.74. The van der Waals surface area contributed by atoms with Crippen LogP contribution in [-0.4, -0.2) is 68.1 Å². The third-order valence-electron chi connectivity index (χ3n) is 5.22. The third-order valence-corrected chi connectivity index (χ3v) is 6.25. The van der Waals surface area contributed by atoms with Crippen molar-refractivity contribution in [3.05, 3.63) is 21.9 Å². The van der Waals surface area contributed by atoms with Crippen LogP contribution in [0.4, 0.5) is 0 Å². The number of carbonyl (C=O) groups excluding carboxylic acids is 1. The van der Waals surface area contributed by atoms with Crippen LogP contribution in [0.1, 0.15) is 30.2 Å². The van der Waals surface area contributed by atoms with Crippen molar-refractivity contribution in [2.75, 3.05) is 46.4 Å². The van der Waals surface area contributed by atoms with Gasteiger partial charge in [0.1, 0.15) is 0 Å². The molecule has 0 amide bonds. The summed E-state index contributed by atoms with van der Waals surface area (Å²) >= 11 is 1.88. The van der Waals surface area contributed by atoms with Gasteiger partial charge in [-0.15, -0.1) is 35.3 Å². The fraction of sp³-hybridized carbons (Fsp3) is 0.684. The van der Waals surface area contributed by atoms with Gasteiger partial charge in [0.15, 0.2) is 5.96 Å². The second-order valence-corrected chi connectivity index (χ2v) is 7.88. The summed E-state index contributed by atoms with van der Waals surface area (Å²) in [6, 6.07) is 2.26. The summed E-state index contributed by atoms with van der Waals surface area (Å²) in [5, 5.41) is 5.70. The number of piperidine rings is 1. The first-order chi connectivity index (χ1) is 12.7. The lowest BCUT2D eigenvalue weighted by atomic mass is 9.97. The number of halogens is 1. The van der Waals surface area contributed by atoms with Gasteiger partial charge in [-0.25, -0.2) is 0 Å². The molecule has 3 rings (SSSR count). The Morgan fingerprint density at radius 2 is 2.15 bits per heavy atom. The highest BCUT2D eigenvalue weighted by atomic mass is 127. The first kappa shape index (κ1) is 22.4. The zero-order chi connectivity index (χ0) is 18.4. The van der Waals surface area contributed by atoms with E-state index >= 15 is 0 Å². The summed E-state index contributed by atoms with van der Waals surface area (Å²) in [6.45, 7) is 8.14. The number of rotatable bonds is 5. The average molecular weight is 506 g/mol. The van der Waals surface area contributed by atoms with Crippen molar-refractivity contribution in [3.63, 3.8) is 0 Å². The predicted octanol–water partition coefficient (Wildman–Crippen LogP) is 2.57. The van der Waals surface area contributed by atoms with E-state index in [1.54, 1.807) is 4.88 Å². The van der Waals surface area contributed by atoms with Gasteiger partial charge in [0, 0.05) is 51.2 Å². The second-order valence-electron chi connectivity index (χ2n) is 6.88. The van der Waals surface area contributed by atoms with Crippen LogP contribution >= 0.6 is 35.3 Å². The van der Waals surface area contributed by atoms with Crippen LogP contribution in [-0.2, 0) is 22.5 Å². The predicted molar refractivity (Wildman–Crippen MR) is 121 cm³/mol. The lowest BCUT2D eigenvalue weighted by Gasteiger charge is -2.34. The van der Waals surface area contributed by atoms with Crippen LogP contribution in [0.25, 0.3) is 0 Å². The summed E-state index contributed by atoms with van der Waals surface area (Å²) in [4.78, 5) is 22.6. The molecule has 0 aromatic carbocycles. The Bertz CT molecular complexity index is 629. The second kappa shape index (κ2) is 11.2. The number of esters is 1. The number of hydrogen-bond donors (Lipinski definition) is 1. The zero-order valence-corrected chi connectivity index (χ0v) is 19.4. The van der Waals surface area contributed by atoms with Crippen LogP contribution in [0.15, 0.2) is 16.4 Å². The highest BCUT2D eigenvalue weighted by Crippen LogP contribution is 2.23. The minimum absolute atomic E-state index is 0. The standard InChI is InChI=1S/C19H30N4O2S.HI/c1-3-25-18(24)15-4-10-23(11-5-15)19(20-2)21-8-12-22-9-6-17-16(14-22)7-13-26-17;/h7,13,15H,3-6,8-12,14H2,1-2H3,(H,20,21);1H. The van der Waals surface area contributed by atoms with E-state index < -0.39 is 0 Å². The van der Waals surface area contributed by atoms with Crippen molar-refractivity contribution in [3.8, 4) is 0 Å². The number of likely N-dealkylation sites (tertiary alicyclic amines) is 1. The topological polar surface area (TPSA) is 57.2 Å². The number of guanidine groups is 1. The Kier molecular flexibility index (Phi) is 9.31. The van der Waals surface area contributed by atoms with E-state index in [0.29, 0.717) is 6.61 Å². The monoisotopic (exact) mass is 506 g/mol. The van der Waals surface area contributed by atoms with Crippen molar-refractivity contribution < 1.29 is 9.53 Å². The van der Waals surface area contributed by atoms with Gasteiger partial charge in [0.05, 0.1) is 12.5 Å². The molecule has 1 aromatic heterocycles. The molecule has 0 saturated carbocycles. The first-order valence-electron chi connectivity index (χ1n) is 9.61. The molecule has 6 nitrogen and oxygen atoms in total. The quantitative estimate of drug-likeness (QED) is 0.288. The summed E-state index contributed by atoms with van der Waals surface area (Å²) in [7, 11) is 1.83. The molecule has 1 saturated heterocycles. The third kappa shape index (κ3) is 6.05. The van der Waals surface area contributed by atoms with Gasteiger partial charge in [-0.1, -0.05) is 0 Å². The summed E-state index contributed by atoms with van der Waals surface area (Å²) < 4.78 is 5.15. The SMILES string of the molecule is CCOC(=O)C1CCN(C(=NC)NCCN2CCc3sccc3C2)CC1.I. The maximum atomic E-state index is 11.9. The van der Waals surface area contributed by atoms with Crippen LogP contribution < -0.4 is 5.32 Å². The minimum atomic E-state index is -0.0482. The van der Waals surface area contributed by atoms with Crippen LogP contribution in [0, 0.1) is 5.92 Å². The van der Waals surface area contributed by atoms with Crippen molar-refractivity contribution in [1.82, 2.24) is 15.1 Å². The van der Waals surface area contributed by atoms with E-state index in [4.69, 9.17) is 4.74 Å². The van der Waals surface area contributed by atoms with E-state index in [9.17, 15) is 4.79 Å². The lowest BCUT2D eigenvalue weighted by Crippen LogP contribution is -2.48. The molecule has 2 aliphatic rings. The lowest BCUT2D eigenvalue weighted by molar-refractivity contribution is -0.149. The normalized spacial score (nSPS) is 18.6. The summed E-state index contributed by atoms with van der Waals surface area (Å²) in [6.07, 6.45) is 2.85. The molecule has 27 heavy (non-hydrogen) atoms. The number of ether oxygens (including phenoxy) is 1. The molecular weight excluding hydrogens is 475 g/mol. The summed E-state index contributed by atoms with van der Waals surface area (Å²) in [5.41, 5.74) is 1.49. The Hall–Kier alpha value is -0.870. The molecule has 2 aliphatic heterocycles. The molecule has 3 heterocycles. The van der Waals surface area contributed by atoms with Crippen molar-refractivity contribution >= 4 is 47.2 Å². The van der Waals surface area contributed by atoms with Crippen LogP contribution in [0.3, 0.4) is 0 Å². The van der Waals surface area contributed by atoms with Crippen molar-refractivity contribution in [2.24, 2.45) is 10.9 Å². The Balaban J connectivity index is 0.00000261. The van der Waals surface area contributed by atoms with Crippen LogP contribution in [0.5, 0.6) is 0 Å². The van der Waals surface area contributed by atoms with Gasteiger partial charge >= 0.3 is 5.97 Å². The van der Waals surface area contributed by atoms with Gasteiger partial charge < -0.3 is 15.0 Å². The molecule has 0 unspecified atom stereocenters. The number of nitrogens with zero attached hydrogens (tertiary/aromatic N) is 3. The molecule has 152 valence electrons. The smallest absolute Gasteiger partial charge is 0.309 e. The number of hydrogen-bond acceptors (Lipinski definition) is 5. The fourth-order valence-corrected chi connectivity index (χ4v) is 4.63. The minimum Gasteiger partial charge on any atom is -0.466 e. The van der Waals surface area contributed by atoms with Crippen LogP contribution in [0.2, 0.25) is 0 Å². The molecule has 1 aromatic rings. The number of aliphatic imine (C=N–C) groups is 1. The maximum absolute atomic E-state index is 11.9. The summed E-state index contributed by atoms with van der Waals surface area (Å²) in [5.74, 6) is 0.936. The average Bonchev–Trinajstić information content (AvgIpc) is 3.13. The first-order valence-corrected chi connectivity index (χ1v) is 10.5. The Labute approximate surface area is 183 Å². The van der Waals surface area contributed by atoms with E-state index in [0.717, 1.165) is 58.1 Å². The molecule has 0 bridgehead atoms. The molecule has 0 radical (unpaired) electrons. The Morgan fingerprint density at radius 1 is 1.37 bits per heavy atom. The molecule has 1 N–H and O–H groups in total. The van der Waals surface area contributed by atoms with E-state index in [2.05, 4.69) is 31.6 Å². The zero-order valence-electron chi connectivity index (χ0n) is 16.3. The highest BCUT2D eigenvalue weighted by molar-refractivity contribution is 14.0. The van der Waals surface area contributed by atoms with Gasteiger partial charge in [-0.3, -0.25) is 14.7 Å². The van der Waals surface area contributed by atoms with Crippen molar-refractivity contribution in [2.45, 2.75) is 32.7 Å². The number of nitrogens with one attached hydrogen (secondary N) is 1. The number of thiophene rings is 1. The largest absolute Gasteiger partial charge is 0.466 e. The number of fused-ring (bicyclic) bond motifs is 1. The molecule has 0 spiro atoms. The molecule has 1 fully saturated rings. The molecule has 8 heteroatoms. The van der Waals surface area contributed by atoms with Gasteiger partial charge in [-0.2, -0.15) is 0 Å². The molecule has 0 atom stereocenters. The van der Waals surface area contributed by atoms with Crippen molar-refractivity contribution in [1.29, 1.82) is 0 Å². The maximum Gasteiger partial charge on any atom is 0.309 e. The van der Waals surface area contributed by atoms with E-state index in [1.165, 1.54) is 12.0 Å². The highest BCUT2D eigenvalue weighted by Gasteiger charge is 2.27.